The van der Waals surface area contributed by atoms with E-state index in [0.717, 1.165) is 17.5 Å². The van der Waals surface area contributed by atoms with Gasteiger partial charge in [-0.2, -0.15) is 57.1 Å². The van der Waals surface area contributed by atoms with Crippen LogP contribution < -0.4 is 0 Å². The third kappa shape index (κ3) is 4.59. The van der Waals surface area contributed by atoms with E-state index < -0.39 is 73.0 Å². The van der Waals surface area contributed by atoms with Crippen molar-refractivity contribution in [2.45, 2.75) is 41.0 Å². The van der Waals surface area contributed by atoms with Crippen LogP contribution in [-0.2, 0) is 9.84 Å². The Labute approximate surface area is 178 Å². The SMILES string of the molecule is O=[N+]([O-])CC(CS(=O)(=O)C(F)(F)C(F)(F)C(F)(F)C(F)(F)C(F)(F)C(F)(F)F)c1cccs1. The summed E-state index contributed by atoms with van der Waals surface area (Å²) < 4.78 is 194. The Bertz CT molecular complexity index is 957. The minimum atomic E-state index is -8.28. The smallest absolute Gasteiger partial charge is 0.265 e. The number of alkyl halides is 13. The number of halogens is 13. The van der Waals surface area contributed by atoms with Gasteiger partial charge in [-0.25, -0.2) is 8.42 Å². The average molecular weight is 553 g/mol. The number of hydrogen-bond acceptors (Lipinski definition) is 5. The van der Waals surface area contributed by atoms with Crippen LogP contribution in [0.5, 0.6) is 0 Å². The zero-order chi connectivity index (χ0) is 26.5. The Morgan fingerprint density at radius 3 is 1.67 bits per heavy atom. The molecule has 1 aromatic rings. The largest absolute Gasteiger partial charge is 0.460 e. The van der Waals surface area contributed by atoms with Crippen molar-refractivity contribution in [3.8, 4) is 0 Å². The van der Waals surface area contributed by atoms with Crippen LogP contribution in [-0.4, -0.2) is 60.8 Å². The molecule has 0 aliphatic heterocycles. The molecule has 0 aliphatic carbocycles. The minimum Gasteiger partial charge on any atom is -0.265 e. The van der Waals surface area contributed by atoms with Gasteiger partial charge in [0.25, 0.3) is 0 Å². The Morgan fingerprint density at radius 1 is 0.848 bits per heavy atom. The predicted molar refractivity (Wildman–Crippen MR) is 83.5 cm³/mol. The molecule has 1 heterocycles. The topological polar surface area (TPSA) is 77.3 Å². The van der Waals surface area contributed by atoms with E-state index in [4.69, 9.17) is 0 Å². The molecule has 0 N–H and O–H groups in total. The lowest BCUT2D eigenvalue weighted by molar-refractivity contribution is -0.482. The van der Waals surface area contributed by atoms with Gasteiger partial charge >= 0.3 is 35.1 Å². The summed E-state index contributed by atoms with van der Waals surface area (Å²) in [6.07, 6.45) is -7.64. The number of nitrogens with zero attached hydrogens (tertiary/aromatic N) is 1. The normalized spacial score (nSPS) is 16.0. The van der Waals surface area contributed by atoms with Crippen LogP contribution in [0, 0.1) is 10.1 Å². The van der Waals surface area contributed by atoms with E-state index in [9.17, 15) is 75.6 Å². The molecule has 0 aliphatic rings. The minimum absolute atomic E-state index is 0.435. The highest BCUT2D eigenvalue weighted by Gasteiger charge is 2.92. The number of rotatable bonds is 10. The third-order valence-corrected chi connectivity index (χ3v) is 6.94. The standard InChI is InChI=1S/C13H8F13NO4S2/c14-8(15,10(18,19)12(22,23)24)9(16,17)11(20,21)13(25,26)33(30,31)5-6(4-27(28)29)7-2-1-3-32-7/h1-3,6H,4-5H2. The van der Waals surface area contributed by atoms with Crippen molar-refractivity contribution >= 4 is 21.2 Å². The van der Waals surface area contributed by atoms with Gasteiger partial charge in [0.2, 0.25) is 16.4 Å². The highest BCUT2D eigenvalue weighted by molar-refractivity contribution is 7.92. The first kappa shape index (κ1) is 29.2. The van der Waals surface area contributed by atoms with Crippen LogP contribution in [0.2, 0.25) is 0 Å². The van der Waals surface area contributed by atoms with Gasteiger partial charge in [-0.15, -0.1) is 11.3 Å². The van der Waals surface area contributed by atoms with Crippen molar-refractivity contribution in [3.63, 3.8) is 0 Å². The number of hydrogen-bond donors (Lipinski definition) is 0. The molecule has 0 amide bonds. The monoisotopic (exact) mass is 553 g/mol. The van der Waals surface area contributed by atoms with Gasteiger partial charge in [-0.3, -0.25) is 10.1 Å². The molecular weight excluding hydrogens is 545 g/mol. The second-order valence-electron chi connectivity index (χ2n) is 6.32. The molecule has 0 bridgehead atoms. The van der Waals surface area contributed by atoms with Crippen molar-refractivity contribution < 1.29 is 70.4 Å². The van der Waals surface area contributed by atoms with Crippen LogP contribution >= 0.6 is 11.3 Å². The van der Waals surface area contributed by atoms with Crippen LogP contribution in [0.3, 0.4) is 0 Å². The fraction of sp³-hybridized carbons (Fsp3) is 0.692. The van der Waals surface area contributed by atoms with E-state index in [1.807, 2.05) is 0 Å². The maximum Gasteiger partial charge on any atom is 0.460 e. The molecule has 1 aromatic heterocycles. The molecule has 192 valence electrons. The molecule has 0 fully saturated rings. The zero-order valence-electron chi connectivity index (χ0n) is 15.0. The number of nitro groups is 1. The molecule has 1 atom stereocenters. The summed E-state index contributed by atoms with van der Waals surface area (Å²) in [5.74, 6) is -37.2. The molecule has 1 unspecified atom stereocenters. The summed E-state index contributed by atoms with van der Waals surface area (Å²) in [5, 5.41) is 4.32. The second kappa shape index (κ2) is 8.42. The molecule has 0 aromatic carbocycles. The van der Waals surface area contributed by atoms with E-state index in [0.29, 0.717) is 11.3 Å². The molecule has 0 saturated heterocycles. The molecular formula is C13H8F13NO4S2. The van der Waals surface area contributed by atoms with Crippen LogP contribution in [0.25, 0.3) is 0 Å². The van der Waals surface area contributed by atoms with E-state index >= 15 is 0 Å². The van der Waals surface area contributed by atoms with Crippen LogP contribution in [0.15, 0.2) is 17.5 Å². The average Bonchev–Trinajstić information content (AvgIpc) is 3.13. The lowest BCUT2D eigenvalue weighted by atomic mass is 9.98. The van der Waals surface area contributed by atoms with E-state index in [-0.39, 0.29) is 0 Å². The number of sulfone groups is 1. The summed E-state index contributed by atoms with van der Waals surface area (Å²) in [6, 6.07) is 1.94. The molecule has 1 rings (SSSR count). The van der Waals surface area contributed by atoms with Crippen molar-refractivity contribution in [3.05, 3.63) is 32.5 Å². The van der Waals surface area contributed by atoms with Gasteiger partial charge in [0.15, 0.2) is 0 Å². The summed E-state index contributed by atoms with van der Waals surface area (Å²) in [7, 11) is -7.13. The first-order chi connectivity index (χ1) is 14.4. The molecule has 5 nitrogen and oxygen atoms in total. The lowest BCUT2D eigenvalue weighted by Crippen LogP contribution is -2.71. The summed E-state index contributed by atoms with van der Waals surface area (Å²) in [4.78, 5) is 8.84. The highest BCUT2D eigenvalue weighted by Crippen LogP contribution is 2.61. The zero-order valence-corrected chi connectivity index (χ0v) is 16.7. The Kier molecular flexibility index (Phi) is 7.44. The fourth-order valence-corrected chi connectivity index (χ4v) is 4.72. The summed E-state index contributed by atoms with van der Waals surface area (Å²) in [6.45, 7) is -1.57. The summed E-state index contributed by atoms with van der Waals surface area (Å²) >= 11 is 0.454. The molecule has 0 saturated carbocycles. The van der Waals surface area contributed by atoms with Crippen molar-refractivity contribution in [2.24, 2.45) is 0 Å². The molecule has 0 spiro atoms. The quantitative estimate of drug-likeness (QED) is 0.226. The second-order valence-corrected chi connectivity index (χ2v) is 9.38. The maximum absolute atomic E-state index is 14.0. The molecule has 0 radical (unpaired) electrons. The third-order valence-electron chi connectivity index (χ3n) is 4.03. The molecule has 33 heavy (non-hydrogen) atoms. The Morgan fingerprint density at radius 2 is 1.30 bits per heavy atom. The first-order valence-electron chi connectivity index (χ1n) is 7.71. The first-order valence-corrected chi connectivity index (χ1v) is 10.2. The van der Waals surface area contributed by atoms with Crippen molar-refractivity contribution in [1.29, 1.82) is 0 Å². The van der Waals surface area contributed by atoms with Crippen LogP contribution in [0.4, 0.5) is 57.1 Å². The van der Waals surface area contributed by atoms with E-state index in [2.05, 4.69) is 0 Å². The highest BCUT2D eigenvalue weighted by atomic mass is 32.2. The predicted octanol–water partition coefficient (Wildman–Crippen LogP) is 5.22. The fourth-order valence-electron chi connectivity index (χ4n) is 2.25. The van der Waals surface area contributed by atoms with Gasteiger partial charge in [0.1, 0.15) is 0 Å². The van der Waals surface area contributed by atoms with Crippen molar-refractivity contribution in [2.75, 3.05) is 12.3 Å². The van der Waals surface area contributed by atoms with Gasteiger partial charge in [0.05, 0.1) is 11.7 Å². The number of thiophene rings is 1. The Balaban J connectivity index is 3.55. The lowest BCUT2D eigenvalue weighted by Gasteiger charge is -2.39. The van der Waals surface area contributed by atoms with Gasteiger partial charge in [-0.1, -0.05) is 6.07 Å². The molecule has 20 heteroatoms. The van der Waals surface area contributed by atoms with Gasteiger partial charge < -0.3 is 0 Å². The van der Waals surface area contributed by atoms with E-state index in [1.54, 1.807) is 0 Å². The maximum atomic E-state index is 14.0. The van der Waals surface area contributed by atoms with Gasteiger partial charge in [0, 0.05) is 9.80 Å². The van der Waals surface area contributed by atoms with Crippen LogP contribution in [0.1, 0.15) is 10.8 Å². The van der Waals surface area contributed by atoms with Crippen molar-refractivity contribution in [1.82, 2.24) is 0 Å². The summed E-state index contributed by atoms with van der Waals surface area (Å²) in [5.41, 5.74) is 0. The van der Waals surface area contributed by atoms with E-state index in [1.165, 1.54) is 0 Å². The van der Waals surface area contributed by atoms with Gasteiger partial charge in [-0.05, 0) is 11.4 Å². The Hall–Kier alpha value is -1.86.